The number of ether oxygens (including phenoxy) is 1. The first-order valence-electron chi connectivity index (χ1n) is 6.26. The smallest absolute Gasteiger partial charge is 0.128 e. The molecule has 0 spiro atoms. The first-order chi connectivity index (χ1) is 9.24. The molecule has 3 heteroatoms. The molecular formula is C16H16N2O. The number of rotatable bonds is 2. The Balaban J connectivity index is 2.37. The number of benzene rings is 1. The average molecular weight is 252 g/mol. The quantitative estimate of drug-likeness (QED) is 0.697. The SMILES string of the molecule is COc1ccccc1-c1c(C)c2cnccc2n1C. The molecule has 0 N–H and O–H groups in total. The highest BCUT2D eigenvalue weighted by molar-refractivity contribution is 5.91. The second-order valence-corrected chi connectivity index (χ2v) is 4.63. The minimum atomic E-state index is 0.893. The number of methoxy groups -OCH3 is 1. The van der Waals surface area contributed by atoms with Crippen molar-refractivity contribution in [3.05, 3.63) is 48.3 Å². The lowest BCUT2D eigenvalue weighted by molar-refractivity contribution is 0.416. The Morgan fingerprint density at radius 2 is 1.95 bits per heavy atom. The Morgan fingerprint density at radius 3 is 2.68 bits per heavy atom. The van der Waals surface area contributed by atoms with Gasteiger partial charge >= 0.3 is 0 Å². The zero-order valence-corrected chi connectivity index (χ0v) is 11.3. The molecule has 19 heavy (non-hydrogen) atoms. The van der Waals surface area contributed by atoms with E-state index in [-0.39, 0.29) is 0 Å². The Bertz CT molecular complexity index is 705. The van der Waals surface area contributed by atoms with Gasteiger partial charge in [-0.3, -0.25) is 4.98 Å². The molecule has 0 amide bonds. The first-order valence-corrected chi connectivity index (χ1v) is 6.26. The van der Waals surface area contributed by atoms with Gasteiger partial charge in [-0.05, 0) is 30.7 Å². The number of para-hydroxylation sites is 1. The monoisotopic (exact) mass is 252 g/mol. The van der Waals surface area contributed by atoms with E-state index >= 15 is 0 Å². The molecule has 0 saturated heterocycles. The highest BCUT2D eigenvalue weighted by atomic mass is 16.5. The van der Waals surface area contributed by atoms with Crippen LogP contribution < -0.4 is 4.74 Å². The minimum Gasteiger partial charge on any atom is -0.496 e. The van der Waals surface area contributed by atoms with E-state index in [1.54, 1.807) is 7.11 Å². The van der Waals surface area contributed by atoms with E-state index in [0.29, 0.717) is 0 Å². The van der Waals surface area contributed by atoms with E-state index in [9.17, 15) is 0 Å². The van der Waals surface area contributed by atoms with Crippen LogP contribution in [-0.4, -0.2) is 16.7 Å². The van der Waals surface area contributed by atoms with E-state index in [1.807, 2.05) is 36.7 Å². The topological polar surface area (TPSA) is 27.1 Å². The molecule has 0 aliphatic rings. The fraction of sp³-hybridized carbons (Fsp3) is 0.188. The summed E-state index contributed by atoms with van der Waals surface area (Å²) in [6, 6.07) is 10.1. The third-order valence-corrected chi connectivity index (χ3v) is 3.62. The second kappa shape index (κ2) is 4.43. The van der Waals surface area contributed by atoms with Gasteiger partial charge in [0.15, 0.2) is 0 Å². The van der Waals surface area contributed by atoms with Crippen LogP contribution in [0.1, 0.15) is 5.56 Å². The van der Waals surface area contributed by atoms with Gasteiger partial charge in [0.05, 0.1) is 18.3 Å². The Kier molecular flexibility index (Phi) is 2.75. The summed E-state index contributed by atoms with van der Waals surface area (Å²) >= 11 is 0. The van der Waals surface area contributed by atoms with Crippen molar-refractivity contribution in [2.45, 2.75) is 6.92 Å². The molecule has 0 unspecified atom stereocenters. The lowest BCUT2D eigenvalue weighted by Crippen LogP contribution is -1.95. The van der Waals surface area contributed by atoms with Crippen LogP contribution in [0.3, 0.4) is 0 Å². The zero-order chi connectivity index (χ0) is 13.4. The maximum absolute atomic E-state index is 5.48. The molecule has 0 aliphatic carbocycles. The van der Waals surface area contributed by atoms with Crippen molar-refractivity contribution in [3.63, 3.8) is 0 Å². The lowest BCUT2D eigenvalue weighted by atomic mass is 10.1. The predicted molar refractivity (Wildman–Crippen MR) is 77.4 cm³/mol. The number of nitrogens with zero attached hydrogens (tertiary/aromatic N) is 2. The van der Waals surface area contributed by atoms with Gasteiger partial charge in [0.2, 0.25) is 0 Å². The molecule has 0 atom stereocenters. The second-order valence-electron chi connectivity index (χ2n) is 4.63. The van der Waals surface area contributed by atoms with Crippen LogP contribution in [0.5, 0.6) is 5.75 Å². The molecule has 3 nitrogen and oxygen atoms in total. The third kappa shape index (κ3) is 1.70. The summed E-state index contributed by atoms with van der Waals surface area (Å²) in [7, 11) is 3.79. The number of aryl methyl sites for hydroxylation is 2. The molecule has 0 aliphatic heterocycles. The number of hydrogen-bond acceptors (Lipinski definition) is 2. The van der Waals surface area contributed by atoms with Crippen molar-refractivity contribution >= 4 is 10.9 Å². The van der Waals surface area contributed by atoms with E-state index in [4.69, 9.17) is 4.74 Å². The third-order valence-electron chi connectivity index (χ3n) is 3.62. The van der Waals surface area contributed by atoms with E-state index in [1.165, 1.54) is 22.2 Å². The number of hydrogen-bond donors (Lipinski definition) is 0. The van der Waals surface area contributed by atoms with E-state index < -0.39 is 0 Å². The van der Waals surface area contributed by atoms with Crippen molar-refractivity contribution in [2.24, 2.45) is 7.05 Å². The fourth-order valence-electron chi connectivity index (χ4n) is 2.69. The van der Waals surface area contributed by atoms with Gasteiger partial charge in [0.1, 0.15) is 5.75 Å². The minimum absolute atomic E-state index is 0.893. The van der Waals surface area contributed by atoms with E-state index in [0.717, 1.165) is 11.3 Å². The molecule has 3 aromatic rings. The van der Waals surface area contributed by atoms with Crippen molar-refractivity contribution < 1.29 is 4.74 Å². The standard InChI is InChI=1S/C16H16N2O/c1-11-13-10-17-9-8-14(13)18(2)16(11)12-6-4-5-7-15(12)19-3/h4-10H,1-3H3. The molecule has 0 radical (unpaired) electrons. The first kappa shape index (κ1) is 11.8. The van der Waals surface area contributed by atoms with Crippen LogP contribution in [0.2, 0.25) is 0 Å². The normalized spacial score (nSPS) is 10.9. The van der Waals surface area contributed by atoms with Gasteiger partial charge in [-0.15, -0.1) is 0 Å². The highest BCUT2D eigenvalue weighted by Crippen LogP contribution is 2.36. The van der Waals surface area contributed by atoms with Crippen LogP contribution in [0, 0.1) is 6.92 Å². The van der Waals surface area contributed by atoms with Crippen molar-refractivity contribution in [1.29, 1.82) is 0 Å². The Morgan fingerprint density at radius 1 is 1.16 bits per heavy atom. The molecule has 3 rings (SSSR count). The molecule has 0 fully saturated rings. The molecular weight excluding hydrogens is 236 g/mol. The molecule has 96 valence electrons. The van der Waals surface area contributed by atoms with Crippen LogP contribution in [-0.2, 0) is 7.05 Å². The summed E-state index contributed by atoms with van der Waals surface area (Å²) in [4.78, 5) is 4.22. The molecule has 0 bridgehead atoms. The summed E-state index contributed by atoms with van der Waals surface area (Å²) in [5.74, 6) is 0.893. The van der Waals surface area contributed by atoms with Crippen LogP contribution >= 0.6 is 0 Å². The van der Waals surface area contributed by atoms with Crippen molar-refractivity contribution in [1.82, 2.24) is 9.55 Å². The number of aromatic nitrogens is 2. The molecule has 2 heterocycles. The lowest BCUT2D eigenvalue weighted by Gasteiger charge is -2.10. The van der Waals surface area contributed by atoms with E-state index in [2.05, 4.69) is 29.6 Å². The summed E-state index contributed by atoms with van der Waals surface area (Å²) in [6.45, 7) is 2.13. The highest BCUT2D eigenvalue weighted by Gasteiger charge is 2.16. The van der Waals surface area contributed by atoms with Gasteiger partial charge in [-0.1, -0.05) is 12.1 Å². The summed E-state index contributed by atoms with van der Waals surface area (Å²) in [5, 5.41) is 1.19. The van der Waals surface area contributed by atoms with Crippen LogP contribution in [0.15, 0.2) is 42.7 Å². The Hall–Kier alpha value is -2.29. The van der Waals surface area contributed by atoms with Gasteiger partial charge in [-0.2, -0.15) is 0 Å². The number of pyridine rings is 1. The van der Waals surface area contributed by atoms with Crippen LogP contribution in [0.25, 0.3) is 22.2 Å². The summed E-state index contributed by atoms with van der Waals surface area (Å²) < 4.78 is 7.68. The van der Waals surface area contributed by atoms with Crippen molar-refractivity contribution in [3.8, 4) is 17.0 Å². The van der Waals surface area contributed by atoms with Gasteiger partial charge in [0.25, 0.3) is 0 Å². The molecule has 2 aromatic heterocycles. The van der Waals surface area contributed by atoms with Gasteiger partial charge in [0, 0.05) is 30.4 Å². The maximum Gasteiger partial charge on any atom is 0.128 e. The van der Waals surface area contributed by atoms with Crippen LogP contribution in [0.4, 0.5) is 0 Å². The van der Waals surface area contributed by atoms with Gasteiger partial charge in [-0.25, -0.2) is 0 Å². The zero-order valence-electron chi connectivity index (χ0n) is 11.3. The number of fused-ring (bicyclic) bond motifs is 1. The Labute approximate surface area is 112 Å². The largest absolute Gasteiger partial charge is 0.496 e. The predicted octanol–water partition coefficient (Wildman–Crippen LogP) is 3.56. The molecule has 1 aromatic carbocycles. The summed E-state index contributed by atoms with van der Waals surface area (Å²) in [6.07, 6.45) is 3.75. The molecule has 0 saturated carbocycles. The summed E-state index contributed by atoms with van der Waals surface area (Å²) in [5.41, 5.74) is 4.71. The van der Waals surface area contributed by atoms with Crippen molar-refractivity contribution in [2.75, 3.05) is 7.11 Å². The average Bonchev–Trinajstić information content (AvgIpc) is 2.71. The van der Waals surface area contributed by atoms with Gasteiger partial charge < -0.3 is 9.30 Å². The maximum atomic E-state index is 5.48. The fourth-order valence-corrected chi connectivity index (χ4v) is 2.69.